The van der Waals surface area contributed by atoms with Gasteiger partial charge in [-0.05, 0) is 37.1 Å². The summed E-state index contributed by atoms with van der Waals surface area (Å²) >= 11 is 0. The van der Waals surface area contributed by atoms with Crippen LogP contribution in [0.5, 0.6) is 0 Å². The molecule has 3 heterocycles. The van der Waals surface area contributed by atoms with Crippen molar-refractivity contribution < 1.29 is 9.21 Å². The lowest BCUT2D eigenvalue weighted by atomic mass is 10.2. The average Bonchev–Trinajstić information content (AvgIpc) is 3.32. The van der Waals surface area contributed by atoms with Crippen LogP contribution in [0.15, 0.2) is 64.0 Å². The standard InChI is InChI=1S/C21H19N5O3/c27-20(17-10-7-14-4-1-2-5-16(14)23-17)22-11-12-25-21(28)26(15-8-9-15)19(24-25)18-6-3-13-29-18/h1-7,10,13,15H,8-9,11-12H2,(H,22,27). The number of amides is 1. The van der Waals surface area contributed by atoms with Crippen LogP contribution in [0.25, 0.3) is 22.5 Å². The maximum atomic E-state index is 12.8. The van der Waals surface area contributed by atoms with Gasteiger partial charge in [0.1, 0.15) is 5.69 Å². The number of hydrogen-bond acceptors (Lipinski definition) is 5. The number of nitrogens with zero attached hydrogens (tertiary/aromatic N) is 4. The number of hydrogen-bond donors (Lipinski definition) is 1. The van der Waals surface area contributed by atoms with Gasteiger partial charge in [-0.2, -0.15) is 0 Å². The average molecular weight is 389 g/mol. The third-order valence-electron chi connectivity index (χ3n) is 4.96. The highest BCUT2D eigenvalue weighted by molar-refractivity contribution is 5.94. The topological polar surface area (TPSA) is 95.0 Å². The third kappa shape index (κ3) is 3.33. The van der Waals surface area contributed by atoms with E-state index in [1.54, 1.807) is 29.0 Å². The summed E-state index contributed by atoms with van der Waals surface area (Å²) < 4.78 is 8.49. The molecule has 1 aliphatic carbocycles. The van der Waals surface area contributed by atoms with Crippen molar-refractivity contribution in [2.24, 2.45) is 0 Å². The van der Waals surface area contributed by atoms with Crippen LogP contribution in [-0.2, 0) is 6.54 Å². The normalized spacial score (nSPS) is 13.7. The Hall–Kier alpha value is -3.68. The van der Waals surface area contributed by atoms with E-state index in [4.69, 9.17) is 4.42 Å². The van der Waals surface area contributed by atoms with E-state index in [1.807, 2.05) is 30.3 Å². The minimum atomic E-state index is -0.281. The maximum absolute atomic E-state index is 12.8. The molecule has 0 bridgehead atoms. The molecule has 1 aromatic carbocycles. The Bertz CT molecular complexity index is 1230. The summed E-state index contributed by atoms with van der Waals surface area (Å²) in [5.74, 6) is 0.818. The zero-order chi connectivity index (χ0) is 19.8. The first-order valence-corrected chi connectivity index (χ1v) is 9.58. The molecule has 0 aliphatic heterocycles. The predicted octanol–water partition coefficient (Wildman–Crippen LogP) is 2.62. The molecule has 0 radical (unpaired) electrons. The fraction of sp³-hybridized carbons (Fsp3) is 0.238. The van der Waals surface area contributed by atoms with Crippen LogP contribution >= 0.6 is 0 Å². The van der Waals surface area contributed by atoms with E-state index < -0.39 is 0 Å². The van der Waals surface area contributed by atoms with Crippen molar-refractivity contribution in [3.63, 3.8) is 0 Å². The number of rotatable bonds is 6. The van der Waals surface area contributed by atoms with Crippen LogP contribution in [0.2, 0.25) is 0 Å². The largest absolute Gasteiger partial charge is 0.461 e. The van der Waals surface area contributed by atoms with Gasteiger partial charge in [0.05, 0.1) is 18.3 Å². The van der Waals surface area contributed by atoms with Crippen molar-refractivity contribution in [2.75, 3.05) is 6.54 Å². The van der Waals surface area contributed by atoms with Gasteiger partial charge in [-0.1, -0.05) is 24.3 Å². The fourth-order valence-electron chi connectivity index (χ4n) is 3.36. The molecule has 8 nitrogen and oxygen atoms in total. The fourth-order valence-corrected chi connectivity index (χ4v) is 3.36. The first kappa shape index (κ1) is 17.4. The van der Waals surface area contributed by atoms with Gasteiger partial charge in [0.15, 0.2) is 5.76 Å². The Morgan fingerprint density at radius 3 is 2.79 bits per heavy atom. The van der Waals surface area contributed by atoms with E-state index in [0.717, 1.165) is 23.7 Å². The molecule has 1 amide bonds. The number of pyridine rings is 1. The van der Waals surface area contributed by atoms with E-state index in [0.29, 0.717) is 17.3 Å². The van der Waals surface area contributed by atoms with Gasteiger partial charge in [0, 0.05) is 18.0 Å². The van der Waals surface area contributed by atoms with E-state index in [9.17, 15) is 9.59 Å². The van der Waals surface area contributed by atoms with E-state index >= 15 is 0 Å². The van der Waals surface area contributed by atoms with Crippen LogP contribution < -0.4 is 11.0 Å². The SMILES string of the molecule is O=C(NCCn1nc(-c2ccco2)n(C2CC2)c1=O)c1ccc2ccccc2n1. The molecule has 0 unspecified atom stereocenters. The molecule has 0 atom stereocenters. The summed E-state index contributed by atoms with van der Waals surface area (Å²) in [6.07, 6.45) is 3.49. The number of benzene rings is 1. The van der Waals surface area contributed by atoms with E-state index in [1.165, 1.54) is 4.68 Å². The number of carbonyl (C=O) groups excluding carboxylic acids is 1. The van der Waals surface area contributed by atoms with Gasteiger partial charge in [-0.15, -0.1) is 5.10 Å². The van der Waals surface area contributed by atoms with Crippen molar-refractivity contribution in [3.05, 3.63) is 71.0 Å². The first-order valence-electron chi connectivity index (χ1n) is 9.58. The summed E-state index contributed by atoms with van der Waals surface area (Å²) in [6.45, 7) is 0.540. The Balaban J connectivity index is 1.30. The molecule has 0 spiro atoms. The molecule has 4 aromatic rings. The predicted molar refractivity (Wildman–Crippen MR) is 107 cm³/mol. The lowest BCUT2D eigenvalue weighted by Gasteiger charge is -2.05. The number of nitrogens with one attached hydrogen (secondary N) is 1. The molecule has 1 fully saturated rings. The Morgan fingerprint density at radius 1 is 1.14 bits per heavy atom. The lowest BCUT2D eigenvalue weighted by molar-refractivity contribution is 0.0947. The summed E-state index contributed by atoms with van der Waals surface area (Å²) in [4.78, 5) is 29.6. The highest BCUT2D eigenvalue weighted by atomic mass is 16.3. The Kier molecular flexibility index (Phi) is 4.23. The van der Waals surface area contributed by atoms with Gasteiger partial charge < -0.3 is 9.73 Å². The molecule has 146 valence electrons. The quantitative estimate of drug-likeness (QED) is 0.547. The van der Waals surface area contributed by atoms with Crippen molar-refractivity contribution >= 4 is 16.8 Å². The molecule has 1 saturated carbocycles. The van der Waals surface area contributed by atoms with Gasteiger partial charge in [-0.25, -0.2) is 14.5 Å². The second kappa shape index (κ2) is 7.05. The number of carbonyl (C=O) groups is 1. The molecule has 0 saturated heterocycles. The van der Waals surface area contributed by atoms with Crippen LogP contribution in [0, 0.1) is 0 Å². The highest BCUT2D eigenvalue weighted by Crippen LogP contribution is 2.36. The number of fused-ring (bicyclic) bond motifs is 1. The van der Waals surface area contributed by atoms with E-state index in [-0.39, 0.29) is 30.7 Å². The van der Waals surface area contributed by atoms with Crippen molar-refractivity contribution in [3.8, 4) is 11.6 Å². The zero-order valence-corrected chi connectivity index (χ0v) is 15.6. The van der Waals surface area contributed by atoms with Gasteiger partial charge in [0.2, 0.25) is 5.82 Å². The molecule has 1 N–H and O–H groups in total. The maximum Gasteiger partial charge on any atom is 0.346 e. The van der Waals surface area contributed by atoms with Crippen LogP contribution in [0.1, 0.15) is 29.4 Å². The summed E-state index contributed by atoms with van der Waals surface area (Å²) in [5.41, 5.74) is 0.926. The molecular formula is C21H19N5O3. The van der Waals surface area contributed by atoms with Gasteiger partial charge in [0.25, 0.3) is 5.91 Å². The monoisotopic (exact) mass is 389 g/mol. The van der Waals surface area contributed by atoms with Crippen LogP contribution in [0.4, 0.5) is 0 Å². The van der Waals surface area contributed by atoms with Crippen LogP contribution in [-0.4, -0.2) is 31.8 Å². The molecule has 29 heavy (non-hydrogen) atoms. The minimum absolute atomic E-state index is 0.174. The Morgan fingerprint density at radius 2 is 2.00 bits per heavy atom. The number of aromatic nitrogens is 4. The smallest absolute Gasteiger partial charge is 0.346 e. The lowest BCUT2D eigenvalue weighted by Crippen LogP contribution is -2.32. The molecular weight excluding hydrogens is 370 g/mol. The summed E-state index contributed by atoms with van der Waals surface area (Å²) in [7, 11) is 0. The third-order valence-corrected chi connectivity index (χ3v) is 4.96. The second-order valence-corrected chi connectivity index (χ2v) is 7.05. The summed E-state index contributed by atoms with van der Waals surface area (Å²) in [5, 5.41) is 8.22. The van der Waals surface area contributed by atoms with E-state index in [2.05, 4.69) is 15.4 Å². The second-order valence-electron chi connectivity index (χ2n) is 7.05. The number of para-hydroxylation sites is 1. The zero-order valence-electron chi connectivity index (χ0n) is 15.6. The number of furan rings is 1. The Labute approximate surface area is 165 Å². The molecule has 3 aromatic heterocycles. The minimum Gasteiger partial charge on any atom is -0.461 e. The van der Waals surface area contributed by atoms with Gasteiger partial charge >= 0.3 is 5.69 Å². The highest BCUT2D eigenvalue weighted by Gasteiger charge is 2.31. The van der Waals surface area contributed by atoms with Crippen molar-refractivity contribution in [1.82, 2.24) is 24.6 Å². The molecule has 5 rings (SSSR count). The molecule has 8 heteroatoms. The van der Waals surface area contributed by atoms with Gasteiger partial charge in [-0.3, -0.25) is 9.36 Å². The molecule has 1 aliphatic rings. The van der Waals surface area contributed by atoms with Crippen molar-refractivity contribution in [1.29, 1.82) is 0 Å². The van der Waals surface area contributed by atoms with Crippen LogP contribution in [0.3, 0.4) is 0 Å². The first-order chi connectivity index (χ1) is 14.2. The van der Waals surface area contributed by atoms with Crippen molar-refractivity contribution in [2.45, 2.75) is 25.4 Å². The summed E-state index contributed by atoms with van der Waals surface area (Å²) in [6, 6.07) is 14.9.